The number of nitrogens with zero attached hydrogens (tertiary/aromatic N) is 2. The average molecular weight is 555 g/mol. The zero-order chi connectivity index (χ0) is 22.2. The summed E-state index contributed by atoms with van der Waals surface area (Å²) in [5, 5.41) is 13.9. The Hall–Kier alpha value is -2.20. The van der Waals surface area contributed by atoms with Gasteiger partial charge in [-0.05, 0) is 48.7 Å². The van der Waals surface area contributed by atoms with Crippen molar-refractivity contribution in [3.05, 3.63) is 53.6 Å². The van der Waals surface area contributed by atoms with Crippen molar-refractivity contribution in [1.82, 2.24) is 10.2 Å². The van der Waals surface area contributed by atoms with Gasteiger partial charge in [0.15, 0.2) is 5.96 Å². The fourth-order valence-corrected chi connectivity index (χ4v) is 3.82. The molecular formula is C24H34IN3O4. The van der Waals surface area contributed by atoms with Gasteiger partial charge in [-0.15, -0.1) is 24.0 Å². The van der Waals surface area contributed by atoms with E-state index in [0.717, 1.165) is 54.8 Å². The highest BCUT2D eigenvalue weighted by Gasteiger charge is 2.27. The molecule has 1 aliphatic rings. The number of guanidine groups is 1. The first kappa shape index (κ1) is 26.1. The number of likely N-dealkylation sites (tertiary alicyclic amines) is 1. The fourth-order valence-electron chi connectivity index (χ4n) is 3.82. The van der Waals surface area contributed by atoms with Gasteiger partial charge in [-0.25, -0.2) is 0 Å². The minimum absolute atomic E-state index is 0. The summed E-state index contributed by atoms with van der Waals surface area (Å²) in [5.41, 5.74) is 2.02. The Morgan fingerprint density at radius 1 is 1.06 bits per heavy atom. The highest BCUT2D eigenvalue weighted by molar-refractivity contribution is 14.0. The number of nitrogens with one attached hydrogen (secondary N) is 1. The molecule has 1 heterocycles. The van der Waals surface area contributed by atoms with Gasteiger partial charge in [-0.1, -0.05) is 12.1 Å². The van der Waals surface area contributed by atoms with Crippen LogP contribution in [0.5, 0.6) is 17.2 Å². The quantitative estimate of drug-likeness (QED) is 0.293. The summed E-state index contributed by atoms with van der Waals surface area (Å²) >= 11 is 0. The molecule has 2 aromatic rings. The SMILES string of the molecule is CCNC(=NCC(O)c1ccc(OC)cc1)N1CCC(c2cc(OC)cc(OC)c2)C1.I. The van der Waals surface area contributed by atoms with Gasteiger partial charge in [-0.3, -0.25) is 4.99 Å². The summed E-state index contributed by atoms with van der Waals surface area (Å²) < 4.78 is 16.0. The third kappa shape index (κ3) is 6.65. The van der Waals surface area contributed by atoms with E-state index in [1.165, 1.54) is 5.56 Å². The molecule has 2 unspecified atom stereocenters. The minimum Gasteiger partial charge on any atom is -0.497 e. The second-order valence-electron chi connectivity index (χ2n) is 7.56. The van der Waals surface area contributed by atoms with Crippen LogP contribution in [0.15, 0.2) is 47.5 Å². The van der Waals surface area contributed by atoms with E-state index in [-0.39, 0.29) is 24.0 Å². The van der Waals surface area contributed by atoms with Gasteiger partial charge in [-0.2, -0.15) is 0 Å². The van der Waals surface area contributed by atoms with Crippen LogP contribution in [0.4, 0.5) is 0 Å². The number of halogens is 1. The molecule has 2 N–H and O–H groups in total. The summed E-state index contributed by atoms with van der Waals surface area (Å²) in [4.78, 5) is 6.96. The average Bonchev–Trinajstić information content (AvgIpc) is 3.31. The maximum atomic E-state index is 10.6. The van der Waals surface area contributed by atoms with Crippen LogP contribution in [0.1, 0.15) is 36.5 Å². The van der Waals surface area contributed by atoms with Gasteiger partial charge in [0.2, 0.25) is 0 Å². The Labute approximate surface area is 207 Å². The summed E-state index contributed by atoms with van der Waals surface area (Å²) in [6, 6.07) is 13.5. The lowest BCUT2D eigenvalue weighted by Crippen LogP contribution is -2.40. The van der Waals surface area contributed by atoms with Gasteiger partial charge in [0, 0.05) is 31.6 Å². The van der Waals surface area contributed by atoms with Crippen molar-refractivity contribution in [2.75, 3.05) is 47.5 Å². The van der Waals surface area contributed by atoms with Crippen molar-refractivity contribution >= 4 is 29.9 Å². The summed E-state index contributed by atoms with van der Waals surface area (Å²) in [5.74, 6) is 3.56. The normalized spacial score (nSPS) is 16.8. The van der Waals surface area contributed by atoms with Crippen LogP contribution >= 0.6 is 24.0 Å². The standard InChI is InChI=1S/C24H33N3O4.HI/c1-5-25-24(26-15-23(28)17-6-8-20(29-2)9-7-17)27-11-10-18(16-27)19-12-21(30-3)14-22(13-19)31-4;/h6-9,12-14,18,23,28H,5,10-11,15-16H2,1-4H3,(H,25,26);1H. The fraction of sp³-hybridized carbons (Fsp3) is 0.458. The topological polar surface area (TPSA) is 75.6 Å². The first-order chi connectivity index (χ1) is 15.1. The number of aliphatic hydroxyl groups excluding tert-OH is 1. The van der Waals surface area contributed by atoms with Gasteiger partial charge in [0.25, 0.3) is 0 Å². The van der Waals surface area contributed by atoms with Crippen LogP contribution in [0.2, 0.25) is 0 Å². The maximum absolute atomic E-state index is 10.6. The number of benzene rings is 2. The Bertz CT molecular complexity index is 854. The monoisotopic (exact) mass is 555 g/mol. The van der Waals surface area contributed by atoms with E-state index in [9.17, 15) is 5.11 Å². The Balaban J connectivity index is 0.00000363. The number of aliphatic hydroxyl groups is 1. The van der Waals surface area contributed by atoms with Crippen LogP contribution in [0.25, 0.3) is 0 Å². The van der Waals surface area contributed by atoms with E-state index in [4.69, 9.17) is 19.2 Å². The van der Waals surface area contributed by atoms with Crippen LogP contribution < -0.4 is 19.5 Å². The molecule has 1 fully saturated rings. The smallest absolute Gasteiger partial charge is 0.194 e. The number of rotatable bonds is 8. The first-order valence-corrected chi connectivity index (χ1v) is 10.7. The molecule has 0 amide bonds. The zero-order valence-electron chi connectivity index (χ0n) is 19.2. The lowest BCUT2D eigenvalue weighted by Gasteiger charge is -2.22. The second kappa shape index (κ2) is 12.7. The van der Waals surface area contributed by atoms with Crippen LogP contribution in [0, 0.1) is 0 Å². The molecule has 0 aromatic heterocycles. The molecule has 0 aliphatic carbocycles. The number of hydrogen-bond acceptors (Lipinski definition) is 5. The zero-order valence-corrected chi connectivity index (χ0v) is 21.5. The van der Waals surface area contributed by atoms with Gasteiger partial charge in [0.1, 0.15) is 17.2 Å². The van der Waals surface area contributed by atoms with Crippen LogP contribution in [-0.4, -0.2) is 63.5 Å². The third-order valence-corrected chi connectivity index (χ3v) is 5.58. The second-order valence-corrected chi connectivity index (χ2v) is 7.56. The van der Waals surface area contributed by atoms with Crippen molar-refractivity contribution in [2.24, 2.45) is 4.99 Å². The molecule has 176 valence electrons. The van der Waals surface area contributed by atoms with Gasteiger partial charge >= 0.3 is 0 Å². The minimum atomic E-state index is -0.666. The van der Waals surface area contributed by atoms with Crippen molar-refractivity contribution in [1.29, 1.82) is 0 Å². The van der Waals surface area contributed by atoms with Crippen molar-refractivity contribution in [3.8, 4) is 17.2 Å². The first-order valence-electron chi connectivity index (χ1n) is 10.7. The molecular weight excluding hydrogens is 521 g/mol. The van der Waals surface area contributed by atoms with Crippen LogP contribution in [0.3, 0.4) is 0 Å². The molecule has 3 rings (SSSR count). The molecule has 2 atom stereocenters. The number of methoxy groups -OCH3 is 3. The predicted octanol–water partition coefficient (Wildman–Crippen LogP) is 3.82. The predicted molar refractivity (Wildman–Crippen MR) is 138 cm³/mol. The molecule has 0 radical (unpaired) electrons. The molecule has 32 heavy (non-hydrogen) atoms. The third-order valence-electron chi connectivity index (χ3n) is 5.58. The summed E-state index contributed by atoms with van der Waals surface area (Å²) in [6.45, 7) is 4.86. The summed E-state index contributed by atoms with van der Waals surface area (Å²) in [7, 11) is 4.97. The summed E-state index contributed by atoms with van der Waals surface area (Å²) in [6.07, 6.45) is 0.350. The molecule has 8 heteroatoms. The molecule has 0 saturated carbocycles. The molecule has 1 saturated heterocycles. The lowest BCUT2D eigenvalue weighted by atomic mass is 9.98. The number of ether oxygens (including phenoxy) is 3. The number of hydrogen-bond donors (Lipinski definition) is 2. The van der Waals surface area contributed by atoms with E-state index >= 15 is 0 Å². The van der Waals surface area contributed by atoms with E-state index in [1.54, 1.807) is 21.3 Å². The van der Waals surface area contributed by atoms with E-state index in [2.05, 4.69) is 29.3 Å². The largest absolute Gasteiger partial charge is 0.497 e. The molecule has 1 aliphatic heterocycles. The van der Waals surface area contributed by atoms with E-state index < -0.39 is 6.10 Å². The Kier molecular flexibility index (Phi) is 10.4. The van der Waals surface area contributed by atoms with E-state index in [1.807, 2.05) is 30.3 Å². The van der Waals surface area contributed by atoms with Crippen LogP contribution in [-0.2, 0) is 0 Å². The van der Waals surface area contributed by atoms with Crippen molar-refractivity contribution in [2.45, 2.75) is 25.4 Å². The van der Waals surface area contributed by atoms with Gasteiger partial charge in [0.05, 0.1) is 34.0 Å². The molecule has 0 spiro atoms. The maximum Gasteiger partial charge on any atom is 0.194 e. The van der Waals surface area contributed by atoms with E-state index in [0.29, 0.717) is 12.5 Å². The molecule has 0 bridgehead atoms. The Morgan fingerprint density at radius 2 is 1.69 bits per heavy atom. The highest BCUT2D eigenvalue weighted by Crippen LogP contribution is 2.33. The van der Waals surface area contributed by atoms with Crippen molar-refractivity contribution < 1.29 is 19.3 Å². The highest BCUT2D eigenvalue weighted by atomic mass is 127. The number of aliphatic imine (C=N–C) groups is 1. The van der Waals surface area contributed by atoms with Crippen molar-refractivity contribution in [3.63, 3.8) is 0 Å². The molecule has 2 aromatic carbocycles. The Morgan fingerprint density at radius 3 is 2.25 bits per heavy atom. The molecule has 7 nitrogen and oxygen atoms in total. The van der Waals surface area contributed by atoms with Gasteiger partial charge < -0.3 is 29.5 Å². The lowest BCUT2D eigenvalue weighted by molar-refractivity contribution is 0.186.